The molecule has 2 heteroatoms. The fourth-order valence-corrected chi connectivity index (χ4v) is 2.33. The standard InChI is InChI=1S/C12H16O2/c13-11-7-6-10(8-12(11)14)9-4-2-1-3-5-9/h6,8-9,14H,1-5,7H2. The van der Waals surface area contributed by atoms with E-state index in [1.165, 1.54) is 37.7 Å². The van der Waals surface area contributed by atoms with Gasteiger partial charge in [0.05, 0.1) is 0 Å². The molecule has 0 radical (unpaired) electrons. The molecule has 76 valence electrons. The van der Waals surface area contributed by atoms with Gasteiger partial charge in [0.25, 0.3) is 0 Å². The van der Waals surface area contributed by atoms with Crippen LogP contribution in [0.25, 0.3) is 0 Å². The van der Waals surface area contributed by atoms with Crippen molar-refractivity contribution in [3.8, 4) is 0 Å². The van der Waals surface area contributed by atoms with Crippen molar-refractivity contribution in [1.29, 1.82) is 0 Å². The van der Waals surface area contributed by atoms with Crippen molar-refractivity contribution in [2.75, 3.05) is 0 Å². The quantitative estimate of drug-likeness (QED) is 0.693. The first-order chi connectivity index (χ1) is 6.77. The predicted molar refractivity (Wildman–Crippen MR) is 55.0 cm³/mol. The highest BCUT2D eigenvalue weighted by Crippen LogP contribution is 2.32. The van der Waals surface area contributed by atoms with Crippen LogP contribution in [0, 0.1) is 5.92 Å². The molecule has 2 nitrogen and oxygen atoms in total. The number of carbonyl (C=O) groups excluding carboxylic acids is 1. The molecule has 2 rings (SSSR count). The minimum absolute atomic E-state index is 0.0481. The highest BCUT2D eigenvalue weighted by Gasteiger charge is 2.21. The molecule has 0 aromatic rings. The third kappa shape index (κ3) is 1.89. The number of aliphatic hydroxyl groups excluding tert-OH is 1. The Hall–Kier alpha value is -1.05. The van der Waals surface area contributed by atoms with Gasteiger partial charge >= 0.3 is 0 Å². The third-order valence-electron chi connectivity index (χ3n) is 3.19. The Morgan fingerprint density at radius 1 is 1.21 bits per heavy atom. The number of Topliss-reactive ketones (excluding diaryl/α,β-unsaturated/α-hetero) is 1. The molecule has 0 amide bonds. The van der Waals surface area contributed by atoms with Crippen LogP contribution in [-0.2, 0) is 4.79 Å². The van der Waals surface area contributed by atoms with Gasteiger partial charge in [-0.05, 0) is 30.4 Å². The summed E-state index contributed by atoms with van der Waals surface area (Å²) in [5.74, 6) is 0.386. The van der Waals surface area contributed by atoms with Crippen LogP contribution < -0.4 is 0 Å². The van der Waals surface area contributed by atoms with E-state index in [-0.39, 0.29) is 11.5 Å². The molecule has 0 unspecified atom stereocenters. The van der Waals surface area contributed by atoms with E-state index < -0.39 is 0 Å². The maximum absolute atomic E-state index is 11.1. The predicted octanol–water partition coefficient (Wildman–Crippen LogP) is 2.91. The molecule has 0 aliphatic heterocycles. The van der Waals surface area contributed by atoms with Crippen molar-refractivity contribution in [3.63, 3.8) is 0 Å². The topological polar surface area (TPSA) is 37.3 Å². The second-order valence-electron chi connectivity index (χ2n) is 4.20. The van der Waals surface area contributed by atoms with Gasteiger partial charge in [-0.3, -0.25) is 4.79 Å². The van der Waals surface area contributed by atoms with E-state index in [1.54, 1.807) is 6.08 Å². The van der Waals surface area contributed by atoms with Gasteiger partial charge in [0.2, 0.25) is 5.78 Å². The second-order valence-corrected chi connectivity index (χ2v) is 4.20. The summed E-state index contributed by atoms with van der Waals surface area (Å²) in [7, 11) is 0. The summed E-state index contributed by atoms with van der Waals surface area (Å²) in [6.45, 7) is 0. The number of aliphatic hydroxyl groups is 1. The number of allylic oxidation sites excluding steroid dienone is 4. The van der Waals surface area contributed by atoms with Crippen LogP contribution in [0.4, 0.5) is 0 Å². The lowest BCUT2D eigenvalue weighted by Gasteiger charge is -2.24. The van der Waals surface area contributed by atoms with Crippen LogP contribution >= 0.6 is 0 Å². The molecule has 0 spiro atoms. The van der Waals surface area contributed by atoms with E-state index in [0.717, 1.165) is 0 Å². The van der Waals surface area contributed by atoms with Gasteiger partial charge in [0, 0.05) is 6.42 Å². The number of rotatable bonds is 1. The summed E-state index contributed by atoms with van der Waals surface area (Å²) in [6.07, 6.45) is 10.4. The van der Waals surface area contributed by atoms with Crippen LogP contribution in [0.1, 0.15) is 38.5 Å². The molecule has 2 aliphatic rings. The number of ketones is 1. The van der Waals surface area contributed by atoms with E-state index in [2.05, 4.69) is 0 Å². The maximum atomic E-state index is 11.1. The van der Waals surface area contributed by atoms with Crippen molar-refractivity contribution in [2.45, 2.75) is 38.5 Å². The fourth-order valence-electron chi connectivity index (χ4n) is 2.33. The Morgan fingerprint density at radius 3 is 2.57 bits per heavy atom. The van der Waals surface area contributed by atoms with Crippen molar-refractivity contribution in [1.82, 2.24) is 0 Å². The average Bonchev–Trinajstić information content (AvgIpc) is 2.23. The number of carbonyl (C=O) groups is 1. The Kier molecular flexibility index (Phi) is 2.71. The van der Waals surface area contributed by atoms with E-state index in [4.69, 9.17) is 0 Å². The van der Waals surface area contributed by atoms with Gasteiger partial charge in [-0.2, -0.15) is 0 Å². The molecule has 1 fully saturated rings. The molecule has 2 aliphatic carbocycles. The van der Waals surface area contributed by atoms with E-state index in [9.17, 15) is 9.90 Å². The summed E-state index contributed by atoms with van der Waals surface area (Å²) < 4.78 is 0. The van der Waals surface area contributed by atoms with Gasteiger partial charge in [-0.25, -0.2) is 0 Å². The number of hydrogen-bond acceptors (Lipinski definition) is 2. The average molecular weight is 192 g/mol. The third-order valence-corrected chi connectivity index (χ3v) is 3.19. The molecular formula is C12H16O2. The van der Waals surface area contributed by atoms with E-state index in [0.29, 0.717) is 12.3 Å². The summed E-state index contributed by atoms with van der Waals surface area (Å²) in [4.78, 5) is 11.1. The number of hydrogen-bond donors (Lipinski definition) is 1. The first kappa shape index (κ1) is 9.50. The molecule has 0 saturated heterocycles. The first-order valence-corrected chi connectivity index (χ1v) is 5.41. The minimum Gasteiger partial charge on any atom is -0.504 e. The monoisotopic (exact) mass is 192 g/mol. The fraction of sp³-hybridized carbons (Fsp3) is 0.583. The minimum atomic E-state index is -0.149. The van der Waals surface area contributed by atoms with Crippen molar-refractivity contribution >= 4 is 5.78 Å². The highest BCUT2D eigenvalue weighted by atomic mass is 16.3. The molecular weight excluding hydrogens is 176 g/mol. The zero-order valence-corrected chi connectivity index (χ0v) is 8.33. The summed E-state index contributed by atoms with van der Waals surface area (Å²) in [5, 5.41) is 9.35. The van der Waals surface area contributed by atoms with Crippen molar-refractivity contribution < 1.29 is 9.90 Å². The largest absolute Gasteiger partial charge is 0.504 e. The van der Waals surface area contributed by atoms with E-state index >= 15 is 0 Å². The Balaban J connectivity index is 2.08. The van der Waals surface area contributed by atoms with Gasteiger partial charge in [0.1, 0.15) is 0 Å². The molecule has 1 N–H and O–H groups in total. The zero-order chi connectivity index (χ0) is 9.97. The van der Waals surface area contributed by atoms with Gasteiger partial charge < -0.3 is 5.11 Å². The first-order valence-electron chi connectivity index (χ1n) is 5.41. The SMILES string of the molecule is O=C1CC=C(C2CCCCC2)C=C1O. The highest BCUT2D eigenvalue weighted by molar-refractivity contribution is 5.95. The molecule has 0 aromatic heterocycles. The van der Waals surface area contributed by atoms with Gasteiger partial charge in [-0.1, -0.05) is 25.3 Å². The van der Waals surface area contributed by atoms with Crippen LogP contribution in [0.2, 0.25) is 0 Å². The van der Waals surface area contributed by atoms with E-state index in [1.807, 2.05) is 6.08 Å². The van der Waals surface area contributed by atoms with Crippen molar-refractivity contribution in [2.24, 2.45) is 5.92 Å². The van der Waals surface area contributed by atoms with Gasteiger partial charge in [-0.15, -0.1) is 0 Å². The maximum Gasteiger partial charge on any atom is 0.200 e. The zero-order valence-electron chi connectivity index (χ0n) is 8.33. The van der Waals surface area contributed by atoms with Gasteiger partial charge in [0.15, 0.2) is 5.76 Å². The molecule has 0 aromatic carbocycles. The Labute approximate surface area is 84.3 Å². The lowest BCUT2D eigenvalue weighted by molar-refractivity contribution is -0.117. The molecule has 0 bridgehead atoms. The Bertz CT molecular complexity index is 293. The lowest BCUT2D eigenvalue weighted by Crippen LogP contribution is -2.13. The van der Waals surface area contributed by atoms with Crippen LogP contribution in [-0.4, -0.2) is 10.9 Å². The molecule has 0 heterocycles. The molecule has 14 heavy (non-hydrogen) atoms. The van der Waals surface area contributed by atoms with Crippen LogP contribution in [0.5, 0.6) is 0 Å². The second kappa shape index (κ2) is 3.99. The molecule has 0 atom stereocenters. The van der Waals surface area contributed by atoms with Crippen LogP contribution in [0.3, 0.4) is 0 Å². The van der Waals surface area contributed by atoms with Crippen molar-refractivity contribution in [3.05, 3.63) is 23.5 Å². The summed E-state index contributed by atoms with van der Waals surface area (Å²) >= 11 is 0. The Morgan fingerprint density at radius 2 is 1.93 bits per heavy atom. The summed E-state index contributed by atoms with van der Waals surface area (Å²) in [6, 6.07) is 0. The van der Waals surface area contributed by atoms with Crippen LogP contribution in [0.15, 0.2) is 23.5 Å². The molecule has 1 saturated carbocycles. The smallest absolute Gasteiger partial charge is 0.200 e. The normalized spacial score (nSPS) is 24.4. The lowest BCUT2D eigenvalue weighted by atomic mass is 9.81. The summed E-state index contributed by atoms with van der Waals surface area (Å²) in [5.41, 5.74) is 1.18.